The Balaban J connectivity index is 2.45. The summed E-state index contributed by atoms with van der Waals surface area (Å²) in [5.41, 5.74) is -1.46. The van der Waals surface area contributed by atoms with Gasteiger partial charge in [0.05, 0.1) is 29.8 Å². The average Bonchev–Trinajstić information content (AvgIpc) is 2.80. The van der Waals surface area contributed by atoms with Gasteiger partial charge >= 0.3 is 0 Å². The van der Waals surface area contributed by atoms with Crippen molar-refractivity contribution in [3.05, 3.63) is 0 Å². The Morgan fingerprint density at radius 2 is 1.74 bits per heavy atom. The van der Waals surface area contributed by atoms with Gasteiger partial charge in [0.25, 0.3) is 0 Å². The molecule has 38 heavy (non-hydrogen) atoms. The van der Waals surface area contributed by atoms with E-state index in [1.165, 1.54) is 0 Å². The second-order valence-electron chi connectivity index (χ2n) is 12.8. The molecule has 0 bridgehead atoms. The van der Waals surface area contributed by atoms with E-state index in [1.54, 1.807) is 32.7 Å². The van der Waals surface area contributed by atoms with Crippen LogP contribution in [0.1, 0.15) is 67.7 Å². The highest BCUT2D eigenvalue weighted by atomic mass is 16.7. The molecule has 11 atom stereocenters. The number of likely N-dealkylation sites (N-methyl/N-ethyl adjacent to an activating group) is 1. The van der Waals surface area contributed by atoms with Crippen LogP contribution in [-0.2, 0) is 19.1 Å². The molecule has 2 aliphatic heterocycles. The number of hydrogen-bond acceptors (Lipinski definition) is 8. The number of amides is 2. The molecule has 2 heterocycles. The first-order chi connectivity index (χ1) is 17.5. The van der Waals surface area contributed by atoms with Gasteiger partial charge in [-0.2, -0.15) is 0 Å². The van der Waals surface area contributed by atoms with Gasteiger partial charge in [0.2, 0.25) is 11.8 Å². The summed E-state index contributed by atoms with van der Waals surface area (Å²) in [6, 6.07) is -0.574. The molecule has 222 valence electrons. The number of aliphatic hydroxyl groups excluding tert-OH is 2. The quantitative estimate of drug-likeness (QED) is 0.416. The Morgan fingerprint density at radius 3 is 2.29 bits per heavy atom. The van der Waals surface area contributed by atoms with Crippen LogP contribution >= 0.6 is 0 Å². The zero-order valence-corrected chi connectivity index (χ0v) is 25.0. The first-order valence-electron chi connectivity index (χ1n) is 14.1. The summed E-state index contributed by atoms with van der Waals surface area (Å²) in [6.07, 6.45) is -3.24. The summed E-state index contributed by atoms with van der Waals surface area (Å²) in [4.78, 5) is 29.7. The fraction of sp³-hybridized carbons (Fsp3) is 0.929. The Hall–Kier alpha value is -1.30. The lowest BCUT2D eigenvalue weighted by atomic mass is 9.77. The van der Waals surface area contributed by atoms with Crippen LogP contribution in [0.25, 0.3) is 0 Å². The number of carbonyl (C=O) groups is 2. The number of nitrogens with one attached hydrogen (secondary N) is 1. The van der Waals surface area contributed by atoms with Gasteiger partial charge in [-0.3, -0.25) is 9.59 Å². The number of carbonyl (C=O) groups excluding carboxylic acids is 2. The predicted molar refractivity (Wildman–Crippen MR) is 145 cm³/mol. The number of rotatable bonds is 4. The number of nitrogens with zero attached hydrogens (tertiary/aromatic N) is 2. The molecule has 10 nitrogen and oxygen atoms in total. The van der Waals surface area contributed by atoms with Crippen molar-refractivity contribution < 1.29 is 34.4 Å². The molecule has 0 aromatic carbocycles. The number of ether oxygens (including phenoxy) is 2. The summed E-state index contributed by atoms with van der Waals surface area (Å²) in [5.74, 6) is -2.03. The van der Waals surface area contributed by atoms with E-state index in [4.69, 9.17) is 9.47 Å². The maximum Gasteiger partial charge on any atom is 0.225 e. The fourth-order valence-corrected chi connectivity index (χ4v) is 5.99. The van der Waals surface area contributed by atoms with Crippen molar-refractivity contribution in [1.82, 2.24) is 15.1 Å². The van der Waals surface area contributed by atoms with Gasteiger partial charge < -0.3 is 39.9 Å². The predicted octanol–water partition coefficient (Wildman–Crippen LogP) is 1.21. The third kappa shape index (κ3) is 8.11. The lowest BCUT2D eigenvalue weighted by Crippen LogP contribution is -2.59. The van der Waals surface area contributed by atoms with E-state index in [9.17, 15) is 24.9 Å². The molecule has 10 heteroatoms. The molecule has 2 aliphatic rings. The van der Waals surface area contributed by atoms with E-state index < -0.39 is 42.0 Å². The average molecular weight is 544 g/mol. The molecule has 0 aromatic rings. The summed E-state index contributed by atoms with van der Waals surface area (Å²) in [6.45, 7) is 13.2. The maximum atomic E-state index is 13.2. The summed E-state index contributed by atoms with van der Waals surface area (Å²) in [7, 11) is 5.51. The molecular formula is C28H53N3O7. The molecule has 2 fully saturated rings. The Morgan fingerprint density at radius 1 is 1.13 bits per heavy atom. The van der Waals surface area contributed by atoms with Crippen LogP contribution in [0.2, 0.25) is 0 Å². The minimum atomic E-state index is -1.46. The molecule has 0 aliphatic carbocycles. The normalized spacial score (nSPS) is 42.8. The molecule has 0 unspecified atom stereocenters. The second kappa shape index (κ2) is 13.4. The largest absolute Gasteiger partial charge is 0.392 e. The van der Waals surface area contributed by atoms with E-state index in [2.05, 4.69) is 5.32 Å². The van der Waals surface area contributed by atoms with Crippen molar-refractivity contribution >= 4 is 11.8 Å². The molecule has 2 rings (SSSR count). The van der Waals surface area contributed by atoms with Crippen LogP contribution in [0.4, 0.5) is 0 Å². The van der Waals surface area contributed by atoms with E-state index in [0.717, 1.165) is 0 Å². The molecule has 4 N–H and O–H groups in total. The zero-order valence-electron chi connectivity index (χ0n) is 25.0. The third-order valence-corrected chi connectivity index (χ3v) is 8.41. The lowest BCUT2D eigenvalue weighted by molar-refractivity contribution is -0.299. The van der Waals surface area contributed by atoms with Crippen molar-refractivity contribution in [2.24, 2.45) is 23.7 Å². The van der Waals surface area contributed by atoms with E-state index in [0.29, 0.717) is 13.0 Å². The van der Waals surface area contributed by atoms with Crippen molar-refractivity contribution in [2.75, 3.05) is 27.7 Å². The summed E-state index contributed by atoms with van der Waals surface area (Å²) < 4.78 is 12.4. The zero-order chi connectivity index (χ0) is 29.1. The number of hydrogen-bond donors (Lipinski definition) is 4. The molecule has 0 saturated carbocycles. The van der Waals surface area contributed by atoms with Crippen LogP contribution in [0.15, 0.2) is 0 Å². The highest BCUT2D eigenvalue weighted by Crippen LogP contribution is 2.35. The van der Waals surface area contributed by atoms with Crippen molar-refractivity contribution in [1.29, 1.82) is 0 Å². The first-order valence-corrected chi connectivity index (χ1v) is 14.1. The van der Waals surface area contributed by atoms with Crippen LogP contribution < -0.4 is 5.32 Å². The fourth-order valence-electron chi connectivity index (χ4n) is 5.99. The Bertz CT molecular complexity index is 792. The van der Waals surface area contributed by atoms with E-state index in [1.807, 2.05) is 46.7 Å². The van der Waals surface area contributed by atoms with Crippen molar-refractivity contribution in [3.8, 4) is 0 Å². The van der Waals surface area contributed by atoms with Crippen LogP contribution in [0, 0.1) is 23.7 Å². The second-order valence-corrected chi connectivity index (χ2v) is 12.8. The summed E-state index contributed by atoms with van der Waals surface area (Å²) in [5, 5.41) is 37.2. The molecule has 0 aromatic heterocycles. The number of aliphatic hydroxyl groups is 3. The smallest absolute Gasteiger partial charge is 0.225 e. The molecular weight excluding hydrogens is 490 g/mol. The third-order valence-electron chi connectivity index (χ3n) is 8.41. The van der Waals surface area contributed by atoms with Gasteiger partial charge in [-0.1, -0.05) is 34.6 Å². The molecule has 0 radical (unpaired) electrons. The molecule has 2 saturated heterocycles. The lowest BCUT2D eigenvalue weighted by Gasteiger charge is -2.46. The molecule has 2 amide bonds. The summed E-state index contributed by atoms with van der Waals surface area (Å²) >= 11 is 0. The highest BCUT2D eigenvalue weighted by Gasteiger charge is 2.47. The van der Waals surface area contributed by atoms with Crippen molar-refractivity contribution in [3.63, 3.8) is 0 Å². The monoisotopic (exact) mass is 543 g/mol. The first kappa shape index (κ1) is 32.9. The van der Waals surface area contributed by atoms with Gasteiger partial charge in [-0.15, -0.1) is 0 Å². The van der Waals surface area contributed by atoms with Gasteiger partial charge in [-0.05, 0) is 52.6 Å². The van der Waals surface area contributed by atoms with Crippen molar-refractivity contribution in [2.45, 2.75) is 116 Å². The molecule has 0 spiro atoms. The van der Waals surface area contributed by atoms with Gasteiger partial charge in [-0.25, -0.2) is 0 Å². The van der Waals surface area contributed by atoms with Crippen LogP contribution in [0.3, 0.4) is 0 Å². The van der Waals surface area contributed by atoms with Gasteiger partial charge in [0.1, 0.15) is 6.10 Å². The topological polar surface area (TPSA) is 132 Å². The Labute approximate surface area is 229 Å². The SMILES string of the molecule is CC(C)[C@H]1CC(=O)N(C)C[C@H](C)C[C@@](C)(O)[C@H](O[C@@H]2O[C@H](C)C[C@H](N(C)C)[C@H]2O)[C@@H](C)[C@H](O)[C@@H](C)C(=O)N1. The Kier molecular flexibility index (Phi) is 11.6. The maximum absolute atomic E-state index is 13.2. The van der Waals surface area contributed by atoms with Crippen LogP contribution in [-0.4, -0.2) is 113 Å². The van der Waals surface area contributed by atoms with E-state index >= 15 is 0 Å². The van der Waals surface area contributed by atoms with Gasteiger partial charge in [0, 0.05) is 38.0 Å². The van der Waals surface area contributed by atoms with Gasteiger partial charge in [0.15, 0.2) is 6.29 Å². The standard InChI is InChI=1S/C28H53N3O7/c1-15(2)20-12-22(32)31(10)14-16(3)13-28(7,36)25(18(5)23(33)19(6)26(35)29-20)38-27-24(34)21(30(8)9)11-17(4)37-27/h15-21,23-25,27,33-34,36H,11-14H2,1-10H3,(H,29,35)/t16-,17-,18+,19-,20-,21+,23+,24-,25-,27+,28-/m1/s1. The van der Waals surface area contributed by atoms with Crippen LogP contribution in [0.5, 0.6) is 0 Å². The minimum absolute atomic E-state index is 0.0248. The minimum Gasteiger partial charge on any atom is -0.392 e. The highest BCUT2D eigenvalue weighted by molar-refractivity contribution is 5.81. The van der Waals surface area contributed by atoms with E-state index in [-0.39, 0.29) is 54.7 Å².